The number of hydrogen-bond donors (Lipinski definition) is 1. The Hall–Kier alpha value is -1.39. The van der Waals surface area contributed by atoms with Crippen molar-refractivity contribution < 1.29 is 17.2 Å². The van der Waals surface area contributed by atoms with Gasteiger partial charge in [0.25, 0.3) is 0 Å². The van der Waals surface area contributed by atoms with Gasteiger partial charge in [-0.25, -0.2) is 0 Å². The van der Waals surface area contributed by atoms with Gasteiger partial charge in [0, 0.05) is 0 Å². The van der Waals surface area contributed by atoms with E-state index in [1.54, 1.807) is 12.1 Å². The molecule has 1 atom stereocenters. The molecule has 118 valence electrons. The first kappa shape index (κ1) is 17.0. The van der Waals surface area contributed by atoms with Crippen molar-refractivity contribution in [1.82, 2.24) is 0 Å². The van der Waals surface area contributed by atoms with Crippen molar-refractivity contribution in [1.29, 1.82) is 0 Å². The first-order valence-electron chi connectivity index (χ1n) is 6.58. The molecule has 0 aliphatic rings. The molecule has 22 heavy (non-hydrogen) atoms. The van der Waals surface area contributed by atoms with Gasteiger partial charge in [0.2, 0.25) is 0 Å². The van der Waals surface area contributed by atoms with E-state index in [1.165, 1.54) is 12.1 Å². The maximum absolute atomic E-state index is 13.9. The predicted octanol–water partition coefficient (Wildman–Crippen LogP) is 2.12. The van der Waals surface area contributed by atoms with Gasteiger partial charge in [-0.15, -0.1) is 0 Å². The molecule has 0 aliphatic carbocycles. The third kappa shape index (κ3) is 3.50. The van der Waals surface area contributed by atoms with Crippen LogP contribution in [-0.2, 0) is 8.10 Å². The van der Waals surface area contributed by atoms with Crippen LogP contribution in [0.25, 0.3) is 0 Å². The maximum atomic E-state index is 13.9. The molecule has 2 rings (SSSR count). The monoisotopic (exact) mass is 387 g/mol. The molecule has 0 heterocycles. The Labute approximate surface area is 134 Å². The second-order valence-electron chi connectivity index (χ2n) is 5.15. The average molecular weight is 387 g/mol. The molecule has 2 N–H and O–H groups in total. The zero-order valence-electron chi connectivity index (χ0n) is 12.1. The quantitative estimate of drug-likeness (QED) is 0.646. The number of nitrogen functional groups attached to an aromatic ring is 1. The molecule has 0 fully saturated rings. The zero-order chi connectivity index (χ0) is 16.5. The molecule has 2 aromatic carbocycles. The summed E-state index contributed by atoms with van der Waals surface area (Å²) in [5, 5.41) is 0. The normalized spacial score (nSPS) is 12.4. The van der Waals surface area contributed by atoms with E-state index < -0.39 is 40.0 Å². The van der Waals surface area contributed by atoms with E-state index in [0.717, 1.165) is 17.7 Å². The zero-order valence-corrected chi connectivity index (χ0v) is 15.0. The van der Waals surface area contributed by atoms with E-state index in [9.17, 15) is 17.2 Å². The Morgan fingerprint density at radius 3 is 2.18 bits per heavy atom. The molecular weight excluding hydrogens is 371 g/mol. The van der Waals surface area contributed by atoms with Gasteiger partial charge in [-0.3, -0.25) is 0 Å². The van der Waals surface area contributed by atoms with Crippen LogP contribution in [0.15, 0.2) is 41.3 Å². The predicted molar refractivity (Wildman–Crippen MR) is 85.3 cm³/mol. The molecule has 2 aromatic rings. The summed E-state index contributed by atoms with van der Waals surface area (Å²) < 4.78 is 51.8. The molecule has 0 bridgehead atoms. The second kappa shape index (κ2) is 6.39. The standard InChI is InChI=1S/C15H16AsF2NO2S/c1-9(2)10-3-5-11(6-4-10)22(20,21)16-12-7-8-13(17)15(19)14(12)18/h3-9,16H,19H2,1-2H3. The van der Waals surface area contributed by atoms with E-state index in [1.807, 2.05) is 13.8 Å². The summed E-state index contributed by atoms with van der Waals surface area (Å²) in [6, 6.07) is 8.70. The summed E-state index contributed by atoms with van der Waals surface area (Å²) in [5.74, 6) is -1.56. The Kier molecular flexibility index (Phi) is 4.93. The first-order valence-corrected chi connectivity index (χ1v) is 11.7. The van der Waals surface area contributed by atoms with Gasteiger partial charge >= 0.3 is 134 Å². The van der Waals surface area contributed by atoms with E-state index >= 15 is 0 Å². The number of benzene rings is 2. The van der Waals surface area contributed by atoms with Crippen LogP contribution in [0.4, 0.5) is 14.5 Å². The fraction of sp³-hybridized carbons (Fsp3) is 0.200. The van der Waals surface area contributed by atoms with Crippen LogP contribution in [0.3, 0.4) is 0 Å². The van der Waals surface area contributed by atoms with Crippen LogP contribution in [-0.4, -0.2) is 23.0 Å². The van der Waals surface area contributed by atoms with Gasteiger partial charge in [-0.05, 0) is 0 Å². The van der Waals surface area contributed by atoms with E-state index in [0.29, 0.717) is 5.92 Å². The van der Waals surface area contributed by atoms with Crippen LogP contribution in [0.5, 0.6) is 0 Å². The summed E-state index contributed by atoms with van der Waals surface area (Å²) in [5.41, 5.74) is 5.66. The third-order valence-corrected chi connectivity index (χ3v) is 9.98. The molecule has 0 saturated carbocycles. The molecule has 3 nitrogen and oxygen atoms in total. The minimum atomic E-state index is -3.60. The van der Waals surface area contributed by atoms with Gasteiger partial charge in [-0.1, -0.05) is 0 Å². The van der Waals surface area contributed by atoms with Crippen molar-refractivity contribution in [2.75, 3.05) is 5.73 Å². The molecular formula is C15H16AsF2NO2S. The van der Waals surface area contributed by atoms with Crippen LogP contribution in [0.1, 0.15) is 25.3 Å². The second-order valence-corrected chi connectivity index (χ2v) is 12.6. The van der Waals surface area contributed by atoms with Gasteiger partial charge < -0.3 is 0 Å². The first-order chi connectivity index (χ1) is 10.2. The molecule has 7 heteroatoms. The van der Waals surface area contributed by atoms with Gasteiger partial charge in [-0.2, -0.15) is 0 Å². The molecule has 0 spiro atoms. The number of rotatable bonds is 4. The average Bonchev–Trinajstić information content (AvgIpc) is 2.48. The molecule has 0 saturated heterocycles. The summed E-state index contributed by atoms with van der Waals surface area (Å²) in [6.07, 6.45) is 0. The molecule has 0 aliphatic heterocycles. The molecule has 0 aromatic heterocycles. The number of nitrogens with two attached hydrogens (primary N) is 1. The number of hydrogen-bond acceptors (Lipinski definition) is 3. The number of anilines is 1. The molecule has 0 amide bonds. The van der Waals surface area contributed by atoms with Crippen molar-refractivity contribution in [2.45, 2.75) is 24.7 Å². The van der Waals surface area contributed by atoms with Crippen molar-refractivity contribution >= 4 is 32.7 Å². The summed E-state index contributed by atoms with van der Waals surface area (Å²) >= 11 is -1.88. The Morgan fingerprint density at radius 2 is 1.64 bits per heavy atom. The van der Waals surface area contributed by atoms with E-state index in [4.69, 9.17) is 5.73 Å². The topological polar surface area (TPSA) is 60.2 Å². The summed E-state index contributed by atoms with van der Waals surface area (Å²) in [4.78, 5) is 0.152. The van der Waals surface area contributed by atoms with E-state index in [-0.39, 0.29) is 9.25 Å². The van der Waals surface area contributed by atoms with Crippen LogP contribution in [0.2, 0.25) is 0 Å². The SMILES string of the molecule is CC(C)c1ccc(S(=O)(=O)[AsH]c2ccc(F)c(N)c2F)cc1. The fourth-order valence-corrected chi connectivity index (χ4v) is 7.81. The van der Waals surface area contributed by atoms with Crippen LogP contribution in [0, 0.1) is 11.6 Å². The van der Waals surface area contributed by atoms with Crippen LogP contribution < -0.4 is 10.1 Å². The Balaban J connectivity index is 2.34. The van der Waals surface area contributed by atoms with Crippen LogP contribution >= 0.6 is 0 Å². The van der Waals surface area contributed by atoms with Crippen molar-refractivity contribution in [2.24, 2.45) is 0 Å². The number of halogens is 2. The van der Waals surface area contributed by atoms with E-state index in [2.05, 4.69) is 0 Å². The third-order valence-electron chi connectivity index (χ3n) is 3.23. The van der Waals surface area contributed by atoms with Crippen molar-refractivity contribution in [3.05, 3.63) is 53.6 Å². The summed E-state index contributed by atoms with van der Waals surface area (Å²) in [6.45, 7) is 4.02. The Bertz CT molecular complexity index is 790. The van der Waals surface area contributed by atoms with Crippen molar-refractivity contribution in [3.63, 3.8) is 0 Å². The molecule has 1 unspecified atom stereocenters. The van der Waals surface area contributed by atoms with Gasteiger partial charge in [0.1, 0.15) is 0 Å². The minimum absolute atomic E-state index is 0.0214. The Morgan fingerprint density at radius 1 is 1.05 bits per heavy atom. The van der Waals surface area contributed by atoms with Crippen molar-refractivity contribution in [3.8, 4) is 0 Å². The van der Waals surface area contributed by atoms with Gasteiger partial charge in [0.05, 0.1) is 0 Å². The fourth-order valence-electron chi connectivity index (χ4n) is 1.88. The summed E-state index contributed by atoms with van der Waals surface area (Å²) in [7, 11) is -3.60. The van der Waals surface area contributed by atoms with Gasteiger partial charge in [0.15, 0.2) is 0 Å². The molecule has 0 radical (unpaired) electrons.